The highest BCUT2D eigenvalue weighted by molar-refractivity contribution is 5.38. The van der Waals surface area contributed by atoms with Crippen LogP contribution in [0.4, 0.5) is 5.69 Å². The lowest BCUT2D eigenvalue weighted by Gasteiger charge is -2.30. The first-order chi connectivity index (χ1) is 13.1. The Bertz CT molecular complexity index is 932. The first-order valence-electron chi connectivity index (χ1n) is 9.03. The molecule has 1 atom stereocenters. The summed E-state index contributed by atoms with van der Waals surface area (Å²) in [5.74, 6) is 0.260. The molecule has 1 aromatic heterocycles. The number of nitrogens with zero attached hydrogens (tertiary/aromatic N) is 3. The van der Waals surface area contributed by atoms with Crippen molar-refractivity contribution in [3.63, 3.8) is 0 Å². The van der Waals surface area contributed by atoms with Crippen LogP contribution in [-0.4, -0.2) is 26.0 Å². The Morgan fingerprint density at radius 2 is 1.78 bits per heavy atom. The number of hydrogen-bond acceptors (Lipinski definition) is 4. The Hall–Kier alpha value is -3.12. The summed E-state index contributed by atoms with van der Waals surface area (Å²) in [4.78, 5) is 13.0. The minimum absolute atomic E-state index is 0.0251. The van der Waals surface area contributed by atoms with Gasteiger partial charge in [0.05, 0.1) is 11.0 Å². The minimum Gasteiger partial charge on any atom is -0.508 e. The summed E-state index contributed by atoms with van der Waals surface area (Å²) in [5.41, 5.74) is 3.47. The second-order valence-corrected chi connectivity index (χ2v) is 6.87. The molecule has 1 unspecified atom stereocenters. The average molecular weight is 363 g/mol. The number of aromatic hydroxyl groups is 1. The molecule has 0 radical (unpaired) electrons. The van der Waals surface area contributed by atoms with Gasteiger partial charge in [-0.25, -0.2) is 0 Å². The second-order valence-electron chi connectivity index (χ2n) is 6.87. The van der Waals surface area contributed by atoms with Gasteiger partial charge in [-0.1, -0.05) is 24.3 Å². The van der Waals surface area contributed by atoms with Crippen molar-refractivity contribution in [1.82, 2.24) is 9.47 Å². The molecule has 3 aromatic rings. The number of rotatable bonds is 4. The van der Waals surface area contributed by atoms with E-state index in [1.54, 1.807) is 24.3 Å². The van der Waals surface area contributed by atoms with Gasteiger partial charge in [0.15, 0.2) is 0 Å². The van der Waals surface area contributed by atoms with Crippen molar-refractivity contribution in [2.24, 2.45) is 0 Å². The second kappa shape index (κ2) is 7.25. The molecule has 2 aromatic carbocycles. The number of fused-ring (bicyclic) bond motifs is 1. The van der Waals surface area contributed by atoms with E-state index in [0.717, 1.165) is 37.2 Å². The van der Waals surface area contributed by atoms with Gasteiger partial charge >= 0.3 is 0 Å². The maximum Gasteiger partial charge on any atom is 0.269 e. The number of benzene rings is 2. The van der Waals surface area contributed by atoms with E-state index in [2.05, 4.69) is 27.8 Å². The van der Waals surface area contributed by atoms with Gasteiger partial charge < -0.3 is 9.67 Å². The van der Waals surface area contributed by atoms with Gasteiger partial charge in [-0.3, -0.25) is 15.0 Å². The standard InChI is InChI=1S/C21H21N3O3/c25-19-10-4-16(5-11-19)15-23-14-2-13-22-12-1-3-20(22)21(23)17-6-8-18(9-7-17)24(26)27/h1,3-12,21,25H,2,13-15H2. The van der Waals surface area contributed by atoms with E-state index in [9.17, 15) is 15.2 Å². The fraction of sp³-hybridized carbons (Fsp3) is 0.238. The summed E-state index contributed by atoms with van der Waals surface area (Å²) in [7, 11) is 0. The number of nitro groups is 1. The average Bonchev–Trinajstić information content (AvgIpc) is 3.05. The van der Waals surface area contributed by atoms with E-state index in [-0.39, 0.29) is 22.4 Å². The normalized spacial score (nSPS) is 17.3. The van der Waals surface area contributed by atoms with Crippen molar-refractivity contribution in [1.29, 1.82) is 0 Å². The zero-order valence-corrected chi connectivity index (χ0v) is 14.9. The van der Waals surface area contributed by atoms with Crippen LogP contribution in [0.15, 0.2) is 66.9 Å². The van der Waals surface area contributed by atoms with Crippen LogP contribution in [0.5, 0.6) is 5.75 Å². The molecule has 4 rings (SSSR count). The lowest BCUT2D eigenvalue weighted by molar-refractivity contribution is -0.384. The Labute approximate surface area is 157 Å². The lowest BCUT2D eigenvalue weighted by atomic mass is 10.0. The molecule has 1 aliphatic heterocycles. The lowest BCUT2D eigenvalue weighted by Crippen LogP contribution is -2.29. The monoisotopic (exact) mass is 363 g/mol. The van der Waals surface area contributed by atoms with Crippen LogP contribution < -0.4 is 0 Å². The van der Waals surface area contributed by atoms with Crippen LogP contribution in [0.3, 0.4) is 0 Å². The molecule has 0 bridgehead atoms. The largest absolute Gasteiger partial charge is 0.508 e. The van der Waals surface area contributed by atoms with Gasteiger partial charge in [-0.15, -0.1) is 0 Å². The van der Waals surface area contributed by atoms with Crippen LogP contribution in [0, 0.1) is 10.1 Å². The van der Waals surface area contributed by atoms with Crippen LogP contribution in [0.2, 0.25) is 0 Å². The van der Waals surface area contributed by atoms with Gasteiger partial charge in [0, 0.05) is 43.7 Å². The molecule has 27 heavy (non-hydrogen) atoms. The summed E-state index contributed by atoms with van der Waals surface area (Å²) in [6, 6.07) is 18.4. The number of aryl methyl sites for hydroxylation is 1. The molecule has 0 aliphatic carbocycles. The molecule has 138 valence electrons. The third-order valence-corrected chi connectivity index (χ3v) is 5.10. The van der Waals surface area contributed by atoms with E-state index in [1.807, 2.05) is 24.3 Å². The molecule has 0 fully saturated rings. The van der Waals surface area contributed by atoms with Crippen LogP contribution >= 0.6 is 0 Å². The van der Waals surface area contributed by atoms with Crippen LogP contribution in [0.25, 0.3) is 0 Å². The topological polar surface area (TPSA) is 71.5 Å². The fourth-order valence-electron chi connectivity index (χ4n) is 3.81. The van der Waals surface area contributed by atoms with E-state index < -0.39 is 0 Å². The number of non-ortho nitro benzene ring substituents is 1. The maximum atomic E-state index is 11.0. The quantitative estimate of drug-likeness (QED) is 0.560. The Morgan fingerprint density at radius 1 is 1.04 bits per heavy atom. The number of phenolic OH excluding ortho intramolecular Hbond substituents is 1. The third kappa shape index (κ3) is 3.57. The molecule has 0 saturated heterocycles. The van der Waals surface area contributed by atoms with Crippen molar-refractivity contribution in [3.05, 3.63) is 93.8 Å². The molecule has 2 heterocycles. The van der Waals surface area contributed by atoms with E-state index in [0.29, 0.717) is 0 Å². The molecule has 6 heteroatoms. The molecular formula is C21H21N3O3. The van der Waals surface area contributed by atoms with Crippen molar-refractivity contribution >= 4 is 5.69 Å². The predicted molar refractivity (Wildman–Crippen MR) is 103 cm³/mol. The molecule has 0 amide bonds. The smallest absolute Gasteiger partial charge is 0.269 e. The summed E-state index contributed by atoms with van der Waals surface area (Å²) in [5, 5.41) is 20.5. The molecule has 0 spiro atoms. The Balaban J connectivity index is 1.71. The number of nitro benzene ring substituents is 1. The zero-order valence-electron chi connectivity index (χ0n) is 14.9. The fourth-order valence-corrected chi connectivity index (χ4v) is 3.81. The van der Waals surface area contributed by atoms with E-state index in [4.69, 9.17) is 0 Å². The Kier molecular flexibility index (Phi) is 4.64. The van der Waals surface area contributed by atoms with E-state index in [1.165, 1.54) is 5.69 Å². The summed E-state index contributed by atoms with van der Waals surface area (Å²) in [6.45, 7) is 2.62. The summed E-state index contributed by atoms with van der Waals surface area (Å²) < 4.78 is 2.27. The first kappa shape index (κ1) is 17.3. The van der Waals surface area contributed by atoms with Gasteiger partial charge in [0.2, 0.25) is 0 Å². The van der Waals surface area contributed by atoms with Crippen LogP contribution in [0.1, 0.15) is 29.3 Å². The molecule has 0 saturated carbocycles. The molecule has 6 nitrogen and oxygen atoms in total. The van der Waals surface area contributed by atoms with Gasteiger partial charge in [0.25, 0.3) is 5.69 Å². The van der Waals surface area contributed by atoms with Gasteiger partial charge in [0.1, 0.15) is 5.75 Å². The van der Waals surface area contributed by atoms with Crippen molar-refractivity contribution in [2.45, 2.75) is 25.6 Å². The highest BCUT2D eigenvalue weighted by Crippen LogP contribution is 2.34. The molecule has 1 aliphatic rings. The van der Waals surface area contributed by atoms with Crippen LogP contribution in [-0.2, 0) is 13.1 Å². The maximum absolute atomic E-state index is 11.0. The highest BCUT2D eigenvalue weighted by Gasteiger charge is 2.27. The summed E-state index contributed by atoms with van der Waals surface area (Å²) in [6.07, 6.45) is 3.13. The predicted octanol–water partition coefficient (Wildman–Crippen LogP) is 4.10. The number of hydrogen-bond donors (Lipinski definition) is 1. The number of phenols is 1. The SMILES string of the molecule is O=[N+]([O-])c1ccc(C2c3cccn3CCCN2Cc2ccc(O)cc2)cc1. The van der Waals surface area contributed by atoms with Gasteiger partial charge in [-0.05, 0) is 41.8 Å². The first-order valence-corrected chi connectivity index (χ1v) is 9.03. The third-order valence-electron chi connectivity index (χ3n) is 5.10. The zero-order chi connectivity index (χ0) is 18.8. The molecular weight excluding hydrogens is 342 g/mol. The van der Waals surface area contributed by atoms with E-state index >= 15 is 0 Å². The molecule has 1 N–H and O–H groups in total. The van der Waals surface area contributed by atoms with Crippen molar-refractivity contribution in [2.75, 3.05) is 6.54 Å². The van der Waals surface area contributed by atoms with Crippen molar-refractivity contribution in [3.8, 4) is 5.75 Å². The minimum atomic E-state index is -0.367. The Morgan fingerprint density at radius 3 is 2.48 bits per heavy atom. The van der Waals surface area contributed by atoms with Crippen molar-refractivity contribution < 1.29 is 10.0 Å². The number of aromatic nitrogens is 1. The van der Waals surface area contributed by atoms with Gasteiger partial charge in [-0.2, -0.15) is 0 Å². The highest BCUT2D eigenvalue weighted by atomic mass is 16.6. The summed E-state index contributed by atoms with van der Waals surface area (Å²) >= 11 is 0.